The van der Waals surface area contributed by atoms with E-state index < -0.39 is 0 Å². The number of methoxy groups -OCH3 is 1. The van der Waals surface area contributed by atoms with Gasteiger partial charge in [0.1, 0.15) is 11.3 Å². The Morgan fingerprint density at radius 2 is 1.64 bits per heavy atom. The number of nitrogens with zero attached hydrogens (tertiary/aromatic N) is 5. The molecule has 3 heterocycles. The lowest BCUT2D eigenvalue weighted by atomic mass is 10.1. The van der Waals surface area contributed by atoms with E-state index in [1.54, 1.807) is 31.4 Å². The summed E-state index contributed by atoms with van der Waals surface area (Å²) < 4.78 is 8.48. The predicted molar refractivity (Wildman–Crippen MR) is 154 cm³/mol. The second-order valence-electron chi connectivity index (χ2n) is 10.2. The number of amides is 1. The molecule has 0 unspecified atom stereocenters. The quantitative estimate of drug-likeness (QED) is 0.347. The van der Waals surface area contributed by atoms with E-state index in [1.807, 2.05) is 40.8 Å². The van der Waals surface area contributed by atoms with Crippen LogP contribution in [-0.2, 0) is 7.05 Å². The first-order chi connectivity index (χ1) is 18.9. The van der Waals surface area contributed by atoms with E-state index in [-0.39, 0.29) is 23.2 Å². The second-order valence-corrected chi connectivity index (χ2v) is 10.2. The van der Waals surface area contributed by atoms with Crippen molar-refractivity contribution in [3.05, 3.63) is 94.4 Å². The SMILES string of the molecule is COc1ccc(-n2nc(C(=O)N3CCN(c4ccc(C)cc4)[C@@H](C)C3)c3c4ccccc4n(C)c3c2=O)cc1. The zero-order valence-electron chi connectivity index (χ0n) is 22.6. The number of piperazine rings is 1. The van der Waals surface area contributed by atoms with Gasteiger partial charge in [0, 0.05) is 54.7 Å². The van der Waals surface area contributed by atoms with Crippen molar-refractivity contribution in [3.63, 3.8) is 0 Å². The van der Waals surface area contributed by atoms with Crippen LogP contribution in [0.25, 0.3) is 27.5 Å². The Kier molecular flexibility index (Phi) is 6.10. The average Bonchev–Trinajstić information content (AvgIpc) is 3.26. The average molecular weight is 522 g/mol. The highest BCUT2D eigenvalue weighted by atomic mass is 16.5. The molecule has 8 heteroatoms. The van der Waals surface area contributed by atoms with E-state index in [0.717, 1.165) is 16.6 Å². The van der Waals surface area contributed by atoms with Crippen LogP contribution < -0.4 is 15.2 Å². The zero-order chi connectivity index (χ0) is 27.3. The number of hydrogen-bond donors (Lipinski definition) is 0. The largest absolute Gasteiger partial charge is 0.497 e. The predicted octanol–water partition coefficient (Wildman–Crippen LogP) is 4.55. The Bertz CT molecular complexity index is 1750. The third-order valence-electron chi connectivity index (χ3n) is 7.74. The number of benzene rings is 3. The van der Waals surface area contributed by atoms with Crippen LogP contribution in [0.15, 0.2) is 77.6 Å². The second kappa shape index (κ2) is 9.62. The Morgan fingerprint density at radius 1 is 0.949 bits per heavy atom. The number of aromatic nitrogens is 3. The van der Waals surface area contributed by atoms with E-state index in [4.69, 9.17) is 9.84 Å². The van der Waals surface area contributed by atoms with Gasteiger partial charge >= 0.3 is 0 Å². The molecule has 6 rings (SSSR count). The van der Waals surface area contributed by atoms with Crippen LogP contribution in [0.1, 0.15) is 23.0 Å². The minimum atomic E-state index is -0.275. The van der Waals surface area contributed by atoms with Crippen molar-refractivity contribution in [2.75, 3.05) is 31.6 Å². The molecule has 0 radical (unpaired) electrons. The molecule has 2 aromatic heterocycles. The normalized spacial score (nSPS) is 15.7. The van der Waals surface area contributed by atoms with Crippen LogP contribution in [0.5, 0.6) is 5.75 Å². The number of carbonyl (C=O) groups is 1. The lowest BCUT2D eigenvalue weighted by molar-refractivity contribution is 0.0721. The molecular weight excluding hydrogens is 490 g/mol. The summed E-state index contributed by atoms with van der Waals surface area (Å²) in [7, 11) is 3.46. The maximum Gasteiger partial charge on any atom is 0.296 e. The Morgan fingerprint density at radius 3 is 2.33 bits per heavy atom. The minimum absolute atomic E-state index is 0.126. The first kappa shape index (κ1) is 24.7. The number of carbonyl (C=O) groups excluding carboxylic acids is 1. The first-order valence-corrected chi connectivity index (χ1v) is 13.1. The van der Waals surface area contributed by atoms with Crippen molar-refractivity contribution in [3.8, 4) is 11.4 Å². The Balaban J connectivity index is 1.46. The summed E-state index contributed by atoms with van der Waals surface area (Å²) in [5, 5.41) is 6.16. The van der Waals surface area contributed by atoms with Crippen LogP contribution in [0.4, 0.5) is 5.69 Å². The van der Waals surface area contributed by atoms with Gasteiger partial charge in [-0.3, -0.25) is 9.59 Å². The smallest absolute Gasteiger partial charge is 0.296 e. The van der Waals surface area contributed by atoms with Gasteiger partial charge in [0.15, 0.2) is 5.69 Å². The van der Waals surface area contributed by atoms with Gasteiger partial charge in [-0.15, -0.1) is 0 Å². The highest BCUT2D eigenvalue weighted by Crippen LogP contribution is 2.30. The molecule has 1 aliphatic rings. The molecule has 8 nitrogen and oxygen atoms in total. The van der Waals surface area contributed by atoms with Crippen molar-refractivity contribution >= 4 is 33.4 Å². The van der Waals surface area contributed by atoms with Gasteiger partial charge in [0.2, 0.25) is 0 Å². The molecule has 1 saturated heterocycles. The minimum Gasteiger partial charge on any atom is -0.497 e. The number of hydrogen-bond acceptors (Lipinski definition) is 5. The zero-order valence-corrected chi connectivity index (χ0v) is 22.6. The van der Waals surface area contributed by atoms with Crippen LogP contribution in [0, 0.1) is 6.92 Å². The molecule has 1 fully saturated rings. The maximum absolute atomic E-state index is 14.2. The summed E-state index contributed by atoms with van der Waals surface area (Å²) >= 11 is 0. The molecule has 39 heavy (non-hydrogen) atoms. The summed E-state index contributed by atoms with van der Waals surface area (Å²) in [6.07, 6.45) is 0. The highest BCUT2D eigenvalue weighted by molar-refractivity contribution is 6.16. The van der Waals surface area contributed by atoms with Gasteiger partial charge in [-0.1, -0.05) is 35.9 Å². The van der Waals surface area contributed by atoms with Crippen LogP contribution in [0.2, 0.25) is 0 Å². The number of fused-ring (bicyclic) bond motifs is 3. The molecule has 1 atom stereocenters. The van der Waals surface area contributed by atoms with Crippen LogP contribution in [0.3, 0.4) is 0 Å². The van der Waals surface area contributed by atoms with Gasteiger partial charge in [0.25, 0.3) is 11.5 Å². The number of aryl methyl sites for hydroxylation is 2. The topological polar surface area (TPSA) is 72.6 Å². The third-order valence-corrected chi connectivity index (χ3v) is 7.74. The molecular formula is C31H31N5O3. The number of ether oxygens (including phenoxy) is 1. The van der Waals surface area contributed by atoms with Gasteiger partial charge < -0.3 is 19.1 Å². The number of para-hydroxylation sites is 1. The standard InChI is InChI=1S/C31H31N5O3/c1-20-9-11-22(12-10-20)35-18-17-34(19-21(35)2)30(37)28-27-25-7-5-6-8-26(25)33(3)29(27)31(38)36(32-28)23-13-15-24(39-4)16-14-23/h5-16,21H,17-19H2,1-4H3/t21-/m0/s1. The van der Waals surface area contributed by atoms with Crippen molar-refractivity contribution in [1.29, 1.82) is 0 Å². The monoisotopic (exact) mass is 521 g/mol. The van der Waals surface area contributed by atoms with E-state index in [1.165, 1.54) is 10.2 Å². The van der Waals surface area contributed by atoms with Gasteiger partial charge in [-0.25, -0.2) is 0 Å². The maximum atomic E-state index is 14.2. The molecule has 1 aliphatic heterocycles. The molecule has 5 aromatic rings. The molecule has 3 aromatic carbocycles. The number of rotatable bonds is 4. The van der Waals surface area contributed by atoms with E-state index in [0.29, 0.717) is 42.0 Å². The van der Waals surface area contributed by atoms with Crippen molar-refractivity contribution in [2.45, 2.75) is 19.9 Å². The van der Waals surface area contributed by atoms with E-state index in [2.05, 4.69) is 43.0 Å². The molecule has 0 N–H and O–H groups in total. The van der Waals surface area contributed by atoms with Crippen molar-refractivity contribution in [2.24, 2.45) is 7.05 Å². The summed E-state index contributed by atoms with van der Waals surface area (Å²) in [5.41, 5.74) is 4.29. The summed E-state index contributed by atoms with van der Waals surface area (Å²) in [6.45, 7) is 6.05. The van der Waals surface area contributed by atoms with Crippen molar-refractivity contribution in [1.82, 2.24) is 19.2 Å². The summed E-state index contributed by atoms with van der Waals surface area (Å²) in [4.78, 5) is 32.2. The molecule has 0 aliphatic carbocycles. The highest BCUT2D eigenvalue weighted by Gasteiger charge is 2.31. The molecule has 198 valence electrons. The van der Waals surface area contributed by atoms with Gasteiger partial charge in [-0.2, -0.15) is 9.78 Å². The summed E-state index contributed by atoms with van der Waals surface area (Å²) in [6, 6.07) is 23.5. The first-order valence-electron chi connectivity index (χ1n) is 13.1. The fraction of sp³-hybridized carbons (Fsp3) is 0.258. The lowest BCUT2D eigenvalue weighted by Crippen LogP contribution is -2.54. The fourth-order valence-corrected chi connectivity index (χ4v) is 5.64. The number of anilines is 1. The third kappa shape index (κ3) is 4.12. The Labute approximate surface area is 226 Å². The fourth-order valence-electron chi connectivity index (χ4n) is 5.64. The molecule has 0 bridgehead atoms. The van der Waals surface area contributed by atoms with Crippen LogP contribution in [-0.4, -0.2) is 57.9 Å². The summed E-state index contributed by atoms with van der Waals surface area (Å²) in [5.74, 6) is 0.503. The molecule has 0 spiro atoms. The van der Waals surface area contributed by atoms with Gasteiger partial charge in [-0.05, 0) is 56.3 Å². The van der Waals surface area contributed by atoms with E-state index in [9.17, 15) is 9.59 Å². The Hall–Kier alpha value is -4.59. The van der Waals surface area contributed by atoms with E-state index >= 15 is 0 Å². The lowest BCUT2D eigenvalue weighted by Gasteiger charge is -2.41. The molecule has 1 amide bonds. The molecule has 0 saturated carbocycles. The van der Waals surface area contributed by atoms with Crippen LogP contribution >= 0.6 is 0 Å². The van der Waals surface area contributed by atoms with Crippen molar-refractivity contribution < 1.29 is 9.53 Å². The van der Waals surface area contributed by atoms with Gasteiger partial charge in [0.05, 0.1) is 12.8 Å².